The van der Waals surface area contributed by atoms with Crippen LogP contribution < -0.4 is 5.32 Å². The predicted molar refractivity (Wildman–Crippen MR) is 125 cm³/mol. The van der Waals surface area contributed by atoms with Gasteiger partial charge in [-0.05, 0) is 36.8 Å². The molecule has 1 aromatic heterocycles. The van der Waals surface area contributed by atoms with Gasteiger partial charge in [-0.15, -0.1) is 0 Å². The second-order valence-corrected chi connectivity index (χ2v) is 10.6. The minimum atomic E-state index is -3.14. The van der Waals surface area contributed by atoms with Crippen molar-refractivity contribution in [2.45, 2.75) is 12.5 Å². The third kappa shape index (κ3) is 4.98. The van der Waals surface area contributed by atoms with E-state index in [2.05, 4.69) is 26.3 Å². The van der Waals surface area contributed by atoms with E-state index in [-0.39, 0.29) is 17.1 Å². The summed E-state index contributed by atoms with van der Waals surface area (Å²) in [7, 11) is -3.14. The highest BCUT2D eigenvalue weighted by atomic mass is 79.9. The number of aromatic nitrogens is 2. The predicted octanol–water partition coefficient (Wildman–Crippen LogP) is 3.51. The molecular formula is C23H19BrN4O3S. The van der Waals surface area contributed by atoms with Crippen molar-refractivity contribution in [2.24, 2.45) is 0 Å². The average Bonchev–Trinajstić information content (AvgIpc) is 3.35. The molecule has 0 aliphatic carbocycles. The Morgan fingerprint density at radius 2 is 1.91 bits per heavy atom. The van der Waals surface area contributed by atoms with Crippen LogP contribution >= 0.6 is 15.9 Å². The fourth-order valence-electron chi connectivity index (χ4n) is 3.51. The normalized spacial score (nSPS) is 17.6. The quantitative estimate of drug-likeness (QED) is 0.417. The van der Waals surface area contributed by atoms with E-state index in [4.69, 9.17) is 0 Å². The fourth-order valence-corrected chi connectivity index (χ4v) is 5.45. The minimum absolute atomic E-state index is 0.0428. The number of rotatable bonds is 5. The van der Waals surface area contributed by atoms with Crippen LogP contribution in [0.15, 0.2) is 70.8 Å². The Balaban J connectivity index is 1.71. The molecule has 1 amide bonds. The lowest BCUT2D eigenvalue weighted by Gasteiger charge is -2.09. The first kappa shape index (κ1) is 22.0. The highest BCUT2D eigenvalue weighted by Crippen LogP contribution is 2.27. The Bertz CT molecular complexity index is 1320. The SMILES string of the molecule is N#C/C(=C\c1cn(-c2ccccc2)nc1-c1ccc(Br)cc1)C(=O)N[C@@H]1CCS(=O)(=O)C1. The summed E-state index contributed by atoms with van der Waals surface area (Å²) in [4.78, 5) is 12.7. The number of benzene rings is 2. The molecule has 4 rings (SSSR count). The molecule has 0 bridgehead atoms. The smallest absolute Gasteiger partial charge is 0.262 e. The molecular weight excluding hydrogens is 492 g/mol. The van der Waals surface area contributed by atoms with Crippen molar-refractivity contribution in [1.82, 2.24) is 15.1 Å². The van der Waals surface area contributed by atoms with E-state index in [9.17, 15) is 18.5 Å². The number of carbonyl (C=O) groups is 1. The second kappa shape index (κ2) is 9.10. The van der Waals surface area contributed by atoms with Crippen LogP contribution in [0.5, 0.6) is 0 Å². The molecule has 0 spiro atoms. The maximum absolute atomic E-state index is 12.7. The van der Waals surface area contributed by atoms with Gasteiger partial charge in [0.15, 0.2) is 9.84 Å². The van der Waals surface area contributed by atoms with Crippen LogP contribution in [-0.2, 0) is 14.6 Å². The third-order valence-electron chi connectivity index (χ3n) is 5.11. The Labute approximate surface area is 194 Å². The molecule has 162 valence electrons. The number of nitrogens with one attached hydrogen (secondary N) is 1. The Kier molecular flexibility index (Phi) is 6.26. The van der Waals surface area contributed by atoms with Crippen molar-refractivity contribution in [1.29, 1.82) is 5.26 Å². The van der Waals surface area contributed by atoms with Crippen molar-refractivity contribution in [3.05, 3.63) is 76.4 Å². The average molecular weight is 511 g/mol. The molecule has 1 saturated heterocycles. The third-order valence-corrected chi connectivity index (χ3v) is 7.41. The van der Waals surface area contributed by atoms with Gasteiger partial charge in [-0.25, -0.2) is 13.1 Å². The number of amides is 1. The molecule has 0 radical (unpaired) electrons. The lowest BCUT2D eigenvalue weighted by atomic mass is 10.1. The van der Waals surface area contributed by atoms with Crippen LogP contribution in [0.3, 0.4) is 0 Å². The maximum atomic E-state index is 12.7. The van der Waals surface area contributed by atoms with E-state index in [1.54, 1.807) is 10.9 Å². The molecule has 0 unspecified atom stereocenters. The first-order valence-corrected chi connectivity index (χ1v) is 12.5. The number of nitriles is 1. The molecule has 32 heavy (non-hydrogen) atoms. The molecule has 1 aliphatic rings. The summed E-state index contributed by atoms with van der Waals surface area (Å²) in [6.45, 7) is 0. The van der Waals surface area contributed by atoms with Gasteiger partial charge in [0.25, 0.3) is 5.91 Å². The van der Waals surface area contributed by atoms with E-state index in [1.807, 2.05) is 60.7 Å². The summed E-state index contributed by atoms with van der Waals surface area (Å²) in [6.07, 6.45) is 3.60. The van der Waals surface area contributed by atoms with E-state index in [1.165, 1.54) is 6.08 Å². The summed E-state index contributed by atoms with van der Waals surface area (Å²) in [5, 5.41) is 17.0. The Morgan fingerprint density at radius 1 is 1.19 bits per heavy atom. The lowest BCUT2D eigenvalue weighted by Crippen LogP contribution is -2.36. The van der Waals surface area contributed by atoms with Crippen LogP contribution in [-0.4, -0.2) is 41.7 Å². The van der Waals surface area contributed by atoms with Crippen LogP contribution in [0.25, 0.3) is 23.0 Å². The number of hydrogen-bond donors (Lipinski definition) is 1. The van der Waals surface area contributed by atoms with Gasteiger partial charge in [-0.1, -0.05) is 46.3 Å². The zero-order chi connectivity index (χ0) is 22.7. The molecule has 1 aliphatic heterocycles. The minimum Gasteiger partial charge on any atom is -0.348 e. The number of carbonyl (C=O) groups excluding carboxylic acids is 1. The molecule has 1 fully saturated rings. The maximum Gasteiger partial charge on any atom is 0.262 e. The summed E-state index contributed by atoms with van der Waals surface area (Å²) in [5.41, 5.74) is 2.77. The van der Waals surface area contributed by atoms with Crippen molar-refractivity contribution in [2.75, 3.05) is 11.5 Å². The van der Waals surface area contributed by atoms with Crippen LogP contribution in [0.2, 0.25) is 0 Å². The van der Waals surface area contributed by atoms with Crippen molar-refractivity contribution < 1.29 is 13.2 Å². The van der Waals surface area contributed by atoms with Crippen molar-refractivity contribution >= 4 is 37.8 Å². The van der Waals surface area contributed by atoms with Gasteiger partial charge in [0.05, 0.1) is 22.9 Å². The number of nitrogens with zero attached hydrogens (tertiary/aromatic N) is 3. The molecule has 0 saturated carbocycles. The Hall–Kier alpha value is -3.22. The molecule has 1 atom stereocenters. The van der Waals surface area contributed by atoms with Gasteiger partial charge in [-0.2, -0.15) is 10.4 Å². The summed E-state index contributed by atoms with van der Waals surface area (Å²) >= 11 is 3.42. The molecule has 2 aromatic carbocycles. The molecule has 1 N–H and O–H groups in total. The first-order valence-electron chi connectivity index (χ1n) is 9.89. The molecule has 9 heteroatoms. The zero-order valence-corrected chi connectivity index (χ0v) is 19.3. The molecule has 2 heterocycles. The van der Waals surface area contributed by atoms with Crippen LogP contribution in [0, 0.1) is 11.3 Å². The fraction of sp³-hybridized carbons (Fsp3) is 0.174. The van der Waals surface area contributed by atoms with Crippen LogP contribution in [0.1, 0.15) is 12.0 Å². The molecule has 3 aromatic rings. The number of hydrogen-bond acceptors (Lipinski definition) is 5. The highest BCUT2D eigenvalue weighted by Gasteiger charge is 2.29. The number of para-hydroxylation sites is 1. The summed E-state index contributed by atoms with van der Waals surface area (Å²) in [5.74, 6) is -0.655. The van der Waals surface area contributed by atoms with Gasteiger partial charge in [0.1, 0.15) is 11.6 Å². The van der Waals surface area contributed by atoms with Gasteiger partial charge >= 0.3 is 0 Å². The van der Waals surface area contributed by atoms with Crippen molar-refractivity contribution in [3.63, 3.8) is 0 Å². The summed E-state index contributed by atoms with van der Waals surface area (Å²) in [6, 6.07) is 18.5. The van der Waals surface area contributed by atoms with E-state index >= 15 is 0 Å². The largest absolute Gasteiger partial charge is 0.348 e. The van der Waals surface area contributed by atoms with E-state index < -0.39 is 21.8 Å². The summed E-state index contributed by atoms with van der Waals surface area (Å²) < 4.78 is 26.0. The van der Waals surface area contributed by atoms with Crippen LogP contribution in [0.4, 0.5) is 0 Å². The second-order valence-electron chi connectivity index (χ2n) is 7.46. The highest BCUT2D eigenvalue weighted by molar-refractivity contribution is 9.10. The number of sulfone groups is 1. The Morgan fingerprint density at radius 3 is 2.53 bits per heavy atom. The topological polar surface area (TPSA) is 105 Å². The monoisotopic (exact) mass is 510 g/mol. The number of halogens is 1. The molecule has 7 nitrogen and oxygen atoms in total. The van der Waals surface area contributed by atoms with E-state index in [0.717, 1.165) is 15.7 Å². The van der Waals surface area contributed by atoms with Gasteiger partial charge in [0, 0.05) is 27.8 Å². The lowest BCUT2D eigenvalue weighted by molar-refractivity contribution is -0.117. The van der Waals surface area contributed by atoms with Gasteiger partial charge in [-0.3, -0.25) is 4.79 Å². The first-order chi connectivity index (χ1) is 15.3. The van der Waals surface area contributed by atoms with Gasteiger partial charge < -0.3 is 5.32 Å². The zero-order valence-electron chi connectivity index (χ0n) is 16.9. The van der Waals surface area contributed by atoms with E-state index in [0.29, 0.717) is 17.7 Å². The standard InChI is InChI=1S/C23H19BrN4O3S/c24-19-8-6-16(7-9-19)22-18(14-28(27-22)21-4-2-1-3-5-21)12-17(13-25)23(29)26-20-10-11-32(30,31)15-20/h1-9,12,14,20H,10-11,15H2,(H,26,29)/b17-12+/t20-/m1/s1. The van der Waals surface area contributed by atoms with Crippen molar-refractivity contribution in [3.8, 4) is 23.0 Å². The van der Waals surface area contributed by atoms with Gasteiger partial charge in [0.2, 0.25) is 0 Å².